The molecule has 0 saturated carbocycles. The first-order chi connectivity index (χ1) is 7.84. The van der Waals surface area contributed by atoms with E-state index < -0.39 is 12.0 Å². The van der Waals surface area contributed by atoms with Crippen LogP contribution in [-0.2, 0) is 0 Å². The van der Waals surface area contributed by atoms with Gasteiger partial charge in [-0.2, -0.15) is 0 Å². The maximum Gasteiger partial charge on any atom is 0.336 e. The molecule has 1 aromatic rings. The molecule has 1 aromatic carbocycles. The van der Waals surface area contributed by atoms with Gasteiger partial charge in [0.1, 0.15) is 5.75 Å². The Morgan fingerprint density at radius 1 is 1.53 bits per heavy atom. The van der Waals surface area contributed by atoms with Gasteiger partial charge in [0.05, 0.1) is 5.56 Å². The predicted molar refractivity (Wildman–Crippen MR) is 66.2 cm³/mol. The summed E-state index contributed by atoms with van der Waals surface area (Å²) in [4.78, 5) is 11.1. The summed E-state index contributed by atoms with van der Waals surface area (Å²) in [6.45, 7) is 7.26. The van der Waals surface area contributed by atoms with Crippen LogP contribution in [0.15, 0.2) is 24.3 Å². The molecule has 0 bridgehead atoms. The lowest BCUT2D eigenvalue weighted by molar-refractivity contribution is 0.0694. The fourth-order valence-corrected chi connectivity index (χ4v) is 1.76. The fourth-order valence-electron chi connectivity index (χ4n) is 1.76. The molecule has 0 radical (unpaired) electrons. The third-order valence-corrected chi connectivity index (χ3v) is 2.59. The fraction of sp³-hybridized carbons (Fsp3) is 0.308. The Morgan fingerprint density at radius 2 is 2.12 bits per heavy atom. The van der Waals surface area contributed by atoms with Gasteiger partial charge in [-0.15, -0.1) is 6.58 Å². The zero-order valence-electron chi connectivity index (χ0n) is 10.0. The van der Waals surface area contributed by atoms with Crippen molar-refractivity contribution in [1.82, 2.24) is 0 Å². The van der Waals surface area contributed by atoms with E-state index in [0.717, 1.165) is 5.57 Å². The molecular formula is C13H17NO3. The number of aromatic carboxylic acids is 1. The van der Waals surface area contributed by atoms with Crippen LogP contribution in [0.3, 0.4) is 0 Å². The van der Waals surface area contributed by atoms with Crippen molar-refractivity contribution in [3.63, 3.8) is 0 Å². The van der Waals surface area contributed by atoms with Gasteiger partial charge in [0, 0.05) is 11.6 Å². The van der Waals surface area contributed by atoms with Crippen molar-refractivity contribution in [3.05, 3.63) is 41.0 Å². The van der Waals surface area contributed by atoms with Crippen LogP contribution >= 0.6 is 0 Å². The molecule has 0 aliphatic rings. The van der Waals surface area contributed by atoms with Crippen LogP contribution in [0.25, 0.3) is 0 Å². The molecule has 0 spiro atoms. The molecule has 0 amide bonds. The zero-order valence-corrected chi connectivity index (χ0v) is 10.0. The van der Waals surface area contributed by atoms with Crippen molar-refractivity contribution in [1.29, 1.82) is 0 Å². The smallest absolute Gasteiger partial charge is 0.336 e. The second-order valence-corrected chi connectivity index (χ2v) is 4.27. The second-order valence-electron chi connectivity index (χ2n) is 4.27. The van der Waals surface area contributed by atoms with Crippen molar-refractivity contribution in [2.75, 3.05) is 0 Å². The average Bonchev–Trinajstić information content (AvgIpc) is 2.20. The lowest BCUT2D eigenvalue weighted by atomic mass is 9.93. The van der Waals surface area contributed by atoms with Crippen molar-refractivity contribution in [2.45, 2.75) is 26.3 Å². The molecule has 0 saturated heterocycles. The van der Waals surface area contributed by atoms with Crippen LogP contribution in [0.1, 0.15) is 40.9 Å². The predicted octanol–water partition coefficient (Wildman–Crippen LogP) is 2.36. The molecule has 0 unspecified atom stereocenters. The molecule has 1 atom stereocenters. The van der Waals surface area contributed by atoms with Crippen molar-refractivity contribution >= 4 is 5.97 Å². The number of carboxylic acid groups (broad SMARTS) is 1. The highest BCUT2D eigenvalue weighted by atomic mass is 16.4. The molecule has 1 rings (SSSR count). The van der Waals surface area contributed by atoms with Crippen molar-refractivity contribution < 1.29 is 15.0 Å². The van der Waals surface area contributed by atoms with E-state index in [0.29, 0.717) is 12.0 Å². The van der Waals surface area contributed by atoms with Crippen molar-refractivity contribution in [3.8, 4) is 5.75 Å². The Kier molecular flexibility index (Phi) is 3.91. The van der Waals surface area contributed by atoms with Gasteiger partial charge < -0.3 is 15.9 Å². The number of hydrogen-bond acceptors (Lipinski definition) is 3. The van der Waals surface area contributed by atoms with Gasteiger partial charge >= 0.3 is 5.97 Å². The van der Waals surface area contributed by atoms with E-state index in [1.807, 2.05) is 6.92 Å². The minimum absolute atomic E-state index is 0.0429. The minimum Gasteiger partial charge on any atom is -0.507 e. The van der Waals surface area contributed by atoms with E-state index in [2.05, 4.69) is 6.58 Å². The molecule has 17 heavy (non-hydrogen) atoms. The lowest BCUT2D eigenvalue weighted by Crippen LogP contribution is -2.16. The maximum atomic E-state index is 11.1. The Bertz CT molecular complexity index is 466. The van der Waals surface area contributed by atoms with Gasteiger partial charge in [-0.25, -0.2) is 4.79 Å². The first-order valence-electron chi connectivity index (χ1n) is 5.30. The summed E-state index contributed by atoms with van der Waals surface area (Å²) in [5.74, 6) is -1.13. The molecule has 4 heteroatoms. The van der Waals surface area contributed by atoms with Crippen LogP contribution < -0.4 is 5.73 Å². The standard InChI is InChI=1S/C13H17NO3/c1-7(2)6-10(14)11-9(13(16)17)5-4-8(3)12(11)15/h4-5,10,15H,1,6,14H2,2-3H3,(H,16,17)/t10-/m1/s1. The van der Waals surface area contributed by atoms with Gasteiger partial charge in [0.25, 0.3) is 0 Å². The number of rotatable bonds is 4. The van der Waals surface area contributed by atoms with E-state index in [4.69, 9.17) is 10.8 Å². The number of nitrogens with two attached hydrogens (primary N) is 1. The highest BCUT2D eigenvalue weighted by molar-refractivity contribution is 5.90. The molecule has 0 aliphatic heterocycles. The molecule has 0 heterocycles. The second kappa shape index (κ2) is 5.01. The molecule has 0 fully saturated rings. The highest BCUT2D eigenvalue weighted by Gasteiger charge is 2.21. The van der Waals surface area contributed by atoms with Crippen LogP contribution in [0.4, 0.5) is 0 Å². The zero-order chi connectivity index (χ0) is 13.2. The number of benzene rings is 1. The van der Waals surface area contributed by atoms with Gasteiger partial charge in [-0.1, -0.05) is 11.6 Å². The number of hydrogen-bond donors (Lipinski definition) is 3. The summed E-state index contributed by atoms with van der Waals surface area (Å²) in [7, 11) is 0. The number of aromatic hydroxyl groups is 1. The van der Waals surface area contributed by atoms with E-state index >= 15 is 0 Å². The van der Waals surface area contributed by atoms with Crippen LogP contribution in [0, 0.1) is 6.92 Å². The van der Waals surface area contributed by atoms with Gasteiger partial charge in [0.15, 0.2) is 0 Å². The average molecular weight is 235 g/mol. The highest BCUT2D eigenvalue weighted by Crippen LogP contribution is 2.32. The van der Waals surface area contributed by atoms with Gasteiger partial charge in [-0.3, -0.25) is 0 Å². The molecule has 92 valence electrons. The Balaban J connectivity index is 3.32. The van der Waals surface area contributed by atoms with Crippen molar-refractivity contribution in [2.24, 2.45) is 5.73 Å². The Labute approximate surface area is 100 Å². The normalized spacial score (nSPS) is 12.2. The summed E-state index contributed by atoms with van der Waals surface area (Å²) < 4.78 is 0. The quantitative estimate of drug-likeness (QED) is 0.699. The maximum absolute atomic E-state index is 11.1. The largest absolute Gasteiger partial charge is 0.507 e. The molecule has 4 N–H and O–H groups in total. The summed E-state index contributed by atoms with van der Waals surface area (Å²) in [5, 5.41) is 19.0. The molecule has 0 aromatic heterocycles. The SMILES string of the molecule is C=C(C)C[C@@H](N)c1c(C(=O)O)ccc(C)c1O. The first-order valence-corrected chi connectivity index (χ1v) is 5.30. The Morgan fingerprint density at radius 3 is 2.59 bits per heavy atom. The first kappa shape index (κ1) is 13.3. The number of phenolic OH excluding ortho intramolecular Hbond substituents is 1. The molecule has 0 aliphatic carbocycles. The van der Waals surface area contributed by atoms with E-state index in [9.17, 15) is 9.90 Å². The molecule has 4 nitrogen and oxygen atoms in total. The summed E-state index contributed by atoms with van der Waals surface area (Å²) in [5.41, 5.74) is 7.70. The summed E-state index contributed by atoms with van der Waals surface area (Å²) >= 11 is 0. The van der Waals surface area contributed by atoms with Crippen LogP contribution in [0.2, 0.25) is 0 Å². The van der Waals surface area contributed by atoms with E-state index in [-0.39, 0.29) is 16.9 Å². The Hall–Kier alpha value is -1.81. The third kappa shape index (κ3) is 2.85. The lowest BCUT2D eigenvalue weighted by Gasteiger charge is -2.17. The monoisotopic (exact) mass is 235 g/mol. The van der Waals surface area contributed by atoms with Gasteiger partial charge in [0.2, 0.25) is 0 Å². The number of aryl methyl sites for hydroxylation is 1. The number of phenols is 1. The van der Waals surface area contributed by atoms with E-state index in [1.54, 1.807) is 13.0 Å². The topological polar surface area (TPSA) is 83.6 Å². The third-order valence-electron chi connectivity index (χ3n) is 2.59. The van der Waals surface area contributed by atoms with Crippen LogP contribution in [-0.4, -0.2) is 16.2 Å². The molecular weight excluding hydrogens is 218 g/mol. The summed E-state index contributed by atoms with van der Waals surface area (Å²) in [6, 6.07) is 2.47. The number of carboxylic acids is 1. The number of carbonyl (C=O) groups is 1. The van der Waals surface area contributed by atoms with Crippen LogP contribution in [0.5, 0.6) is 5.75 Å². The van der Waals surface area contributed by atoms with Gasteiger partial charge in [-0.05, 0) is 31.9 Å². The summed E-state index contributed by atoms with van der Waals surface area (Å²) in [6.07, 6.45) is 0.442. The minimum atomic E-state index is -1.09. The van der Waals surface area contributed by atoms with E-state index in [1.165, 1.54) is 6.07 Å².